The van der Waals surface area contributed by atoms with Crippen LogP contribution >= 0.6 is 0 Å². The van der Waals surface area contributed by atoms with E-state index < -0.39 is 0 Å². The van der Waals surface area contributed by atoms with E-state index in [4.69, 9.17) is 8.83 Å². The summed E-state index contributed by atoms with van der Waals surface area (Å²) < 4.78 is 11.8. The summed E-state index contributed by atoms with van der Waals surface area (Å²) in [5.41, 5.74) is 1.31. The van der Waals surface area contributed by atoms with Crippen LogP contribution in [0.2, 0.25) is 0 Å². The first-order chi connectivity index (χ1) is 14.4. The Morgan fingerprint density at radius 2 is 1.03 bits per heavy atom. The van der Waals surface area contributed by atoms with Crippen LogP contribution < -0.4 is 5.43 Å². The normalized spacial score (nSPS) is 11.3. The second-order valence-electron chi connectivity index (χ2n) is 6.88. The van der Waals surface area contributed by atoms with E-state index in [9.17, 15) is 25.2 Å². The Kier molecular flexibility index (Phi) is 3.72. The lowest BCUT2D eigenvalue weighted by Crippen LogP contribution is -1.97. The number of phenols is 4. The van der Waals surface area contributed by atoms with Crippen LogP contribution in [-0.2, 0) is 0 Å². The lowest BCUT2D eigenvalue weighted by atomic mass is 10.0. The maximum absolute atomic E-state index is 12.2. The van der Waals surface area contributed by atoms with E-state index in [0.29, 0.717) is 44.6 Å². The van der Waals surface area contributed by atoms with Crippen molar-refractivity contribution in [3.63, 3.8) is 0 Å². The van der Waals surface area contributed by atoms with Crippen LogP contribution in [0.15, 0.2) is 74.3 Å². The smallest absolute Gasteiger partial charge is 0.186 e. The predicted octanol–water partition coefficient (Wildman–Crippen LogP) is 4.70. The summed E-state index contributed by atoms with van der Waals surface area (Å²) in [6, 6.07) is 14.7. The van der Waals surface area contributed by atoms with Crippen LogP contribution in [0.25, 0.3) is 44.6 Å². The third-order valence-corrected chi connectivity index (χ3v) is 4.86. The number of hydrogen-bond acceptors (Lipinski definition) is 7. The number of aromatic hydroxyl groups is 4. The standard InChI is InChI=1S/C23H14O7/c24-14-9-21-23-13(7-19(29-21)11-1-3-15(25)17(27)5-11)8-20(30-22(23)10-14)12-2-4-16(26)18(28)6-12/h1-10,25-28H. The van der Waals surface area contributed by atoms with Crippen LogP contribution in [0.4, 0.5) is 0 Å². The minimum absolute atomic E-state index is 0.257. The zero-order chi connectivity index (χ0) is 21.0. The molecule has 0 bridgehead atoms. The molecule has 7 heteroatoms. The molecule has 148 valence electrons. The van der Waals surface area contributed by atoms with Crippen LogP contribution in [0.1, 0.15) is 0 Å². The largest absolute Gasteiger partial charge is 0.504 e. The SMILES string of the molecule is O=c1cc2oc(-c3ccc(O)c(O)c3)cc3cc(-c4ccc(O)c(O)c4)oc(c1)c32. The van der Waals surface area contributed by atoms with Crippen LogP contribution in [0, 0.1) is 0 Å². The van der Waals surface area contributed by atoms with Gasteiger partial charge in [-0.1, -0.05) is 0 Å². The summed E-state index contributed by atoms with van der Waals surface area (Å²) in [4.78, 5) is 12.2. The molecule has 7 nitrogen and oxygen atoms in total. The van der Waals surface area contributed by atoms with Gasteiger partial charge in [-0.25, -0.2) is 0 Å². The zero-order valence-corrected chi connectivity index (χ0v) is 15.3. The highest BCUT2D eigenvalue weighted by Crippen LogP contribution is 2.38. The molecule has 4 N–H and O–H groups in total. The van der Waals surface area contributed by atoms with Crippen molar-refractivity contribution < 1.29 is 29.3 Å². The predicted molar refractivity (Wildman–Crippen MR) is 110 cm³/mol. The molecule has 0 aliphatic carbocycles. The van der Waals surface area contributed by atoms with E-state index in [-0.39, 0.29) is 28.4 Å². The maximum atomic E-state index is 12.2. The van der Waals surface area contributed by atoms with Gasteiger partial charge in [0, 0.05) is 23.3 Å². The fourth-order valence-corrected chi connectivity index (χ4v) is 3.41. The minimum Gasteiger partial charge on any atom is -0.504 e. The van der Waals surface area contributed by atoms with Gasteiger partial charge < -0.3 is 29.3 Å². The number of rotatable bonds is 2. The monoisotopic (exact) mass is 402 g/mol. The van der Waals surface area contributed by atoms with Crippen molar-refractivity contribution in [3.8, 4) is 45.6 Å². The third kappa shape index (κ3) is 2.80. The Morgan fingerprint density at radius 1 is 0.567 bits per heavy atom. The van der Waals surface area contributed by atoms with Crippen molar-refractivity contribution in [2.75, 3.05) is 0 Å². The highest BCUT2D eigenvalue weighted by molar-refractivity contribution is 6.07. The van der Waals surface area contributed by atoms with E-state index >= 15 is 0 Å². The molecule has 0 radical (unpaired) electrons. The second kappa shape index (κ2) is 6.31. The Hall–Kier alpha value is -4.39. The molecule has 5 aromatic rings. The van der Waals surface area contributed by atoms with Crippen molar-refractivity contribution in [2.45, 2.75) is 0 Å². The average Bonchev–Trinajstić information content (AvgIpc) is 2.71. The molecule has 2 heterocycles. The van der Waals surface area contributed by atoms with Gasteiger partial charge in [0.1, 0.15) is 22.7 Å². The van der Waals surface area contributed by atoms with Gasteiger partial charge >= 0.3 is 0 Å². The van der Waals surface area contributed by atoms with E-state index in [2.05, 4.69) is 0 Å². The Labute approximate surface area is 168 Å². The van der Waals surface area contributed by atoms with Gasteiger partial charge in [0.2, 0.25) is 0 Å². The first-order valence-electron chi connectivity index (χ1n) is 8.95. The van der Waals surface area contributed by atoms with Gasteiger partial charge in [0.25, 0.3) is 0 Å². The maximum Gasteiger partial charge on any atom is 0.186 e. The summed E-state index contributed by atoms with van der Waals surface area (Å²) in [6.07, 6.45) is 0. The second-order valence-corrected chi connectivity index (χ2v) is 6.88. The quantitative estimate of drug-likeness (QED) is 0.316. The average molecular weight is 402 g/mol. The van der Waals surface area contributed by atoms with Crippen LogP contribution in [0.3, 0.4) is 0 Å². The van der Waals surface area contributed by atoms with Crippen molar-refractivity contribution in [2.24, 2.45) is 0 Å². The Bertz CT molecular complexity index is 1400. The first kappa shape index (κ1) is 17.7. The van der Waals surface area contributed by atoms with Crippen molar-refractivity contribution in [1.29, 1.82) is 0 Å². The number of benzene rings is 3. The van der Waals surface area contributed by atoms with Crippen LogP contribution in [0.5, 0.6) is 23.0 Å². The van der Waals surface area contributed by atoms with E-state index in [0.717, 1.165) is 0 Å². The summed E-state index contributed by atoms with van der Waals surface area (Å²) in [5, 5.41) is 40.1. The summed E-state index contributed by atoms with van der Waals surface area (Å²) >= 11 is 0. The number of phenolic OH excluding ortho intramolecular Hbond substituents is 4. The molecule has 0 fully saturated rings. The molecule has 0 amide bonds. The van der Waals surface area contributed by atoms with E-state index in [1.807, 2.05) is 0 Å². The van der Waals surface area contributed by atoms with Crippen molar-refractivity contribution in [1.82, 2.24) is 0 Å². The lowest BCUT2D eigenvalue weighted by molar-refractivity contribution is 0.404. The van der Waals surface area contributed by atoms with Crippen LogP contribution in [-0.4, -0.2) is 20.4 Å². The molecular weight excluding hydrogens is 388 g/mol. The molecule has 2 aromatic heterocycles. The Morgan fingerprint density at radius 3 is 1.47 bits per heavy atom. The first-order valence-corrected chi connectivity index (χ1v) is 8.95. The number of hydrogen-bond donors (Lipinski definition) is 4. The molecule has 0 aliphatic heterocycles. The molecule has 3 aromatic carbocycles. The molecule has 0 spiro atoms. The van der Waals surface area contributed by atoms with Gasteiger partial charge in [-0.05, 0) is 53.9 Å². The van der Waals surface area contributed by atoms with E-state index in [1.54, 1.807) is 24.3 Å². The van der Waals surface area contributed by atoms with Gasteiger partial charge in [-0.15, -0.1) is 0 Å². The topological polar surface area (TPSA) is 124 Å². The van der Waals surface area contributed by atoms with Gasteiger partial charge in [-0.3, -0.25) is 4.79 Å². The molecule has 5 rings (SSSR count). The fraction of sp³-hybridized carbons (Fsp3) is 0. The fourth-order valence-electron chi connectivity index (χ4n) is 3.41. The molecule has 0 aliphatic rings. The van der Waals surface area contributed by atoms with Gasteiger partial charge in [-0.2, -0.15) is 0 Å². The summed E-state index contributed by atoms with van der Waals surface area (Å²) in [5.74, 6) is -0.367. The molecule has 0 unspecified atom stereocenters. The summed E-state index contributed by atoms with van der Waals surface area (Å²) in [7, 11) is 0. The minimum atomic E-state index is -0.312. The van der Waals surface area contributed by atoms with Gasteiger partial charge in [0.15, 0.2) is 28.4 Å². The summed E-state index contributed by atoms with van der Waals surface area (Å²) in [6.45, 7) is 0. The highest BCUT2D eigenvalue weighted by Gasteiger charge is 2.15. The molecule has 30 heavy (non-hydrogen) atoms. The third-order valence-electron chi connectivity index (χ3n) is 4.86. The zero-order valence-electron chi connectivity index (χ0n) is 15.3. The van der Waals surface area contributed by atoms with Gasteiger partial charge in [0.05, 0.1) is 5.39 Å². The Balaban J connectivity index is 1.81. The van der Waals surface area contributed by atoms with Crippen molar-refractivity contribution >= 4 is 21.9 Å². The van der Waals surface area contributed by atoms with Crippen molar-refractivity contribution in [3.05, 3.63) is 70.9 Å². The molecule has 0 saturated carbocycles. The highest BCUT2D eigenvalue weighted by atomic mass is 16.3. The molecule has 0 atom stereocenters. The molecular formula is C23H14O7. The molecule has 0 saturated heterocycles. The van der Waals surface area contributed by atoms with E-state index in [1.165, 1.54) is 36.4 Å². The lowest BCUT2D eigenvalue weighted by Gasteiger charge is -2.11.